The van der Waals surface area contributed by atoms with E-state index in [-0.39, 0.29) is 4.90 Å². The minimum atomic E-state index is -4.04. The molecule has 0 saturated heterocycles. The van der Waals surface area contributed by atoms with Crippen molar-refractivity contribution >= 4 is 26.9 Å². The number of hydrogen-bond donors (Lipinski definition) is 2. The van der Waals surface area contributed by atoms with E-state index in [0.29, 0.717) is 5.39 Å². The van der Waals surface area contributed by atoms with Gasteiger partial charge in [0.1, 0.15) is 0 Å². The SMILES string of the molecule is O=C(O)NS(=O)(=O)c1cccc2ccccc12. The van der Waals surface area contributed by atoms with E-state index in [4.69, 9.17) is 5.11 Å². The summed E-state index contributed by atoms with van der Waals surface area (Å²) in [6, 6.07) is 11.6. The molecule has 0 bridgehead atoms. The summed E-state index contributed by atoms with van der Waals surface area (Å²) in [5, 5.41) is 9.72. The zero-order valence-corrected chi connectivity index (χ0v) is 9.44. The molecule has 1 amide bonds. The van der Waals surface area contributed by atoms with Crippen molar-refractivity contribution in [2.75, 3.05) is 0 Å². The summed E-state index contributed by atoms with van der Waals surface area (Å²) in [6.07, 6.45) is -1.60. The molecule has 0 aliphatic carbocycles. The molecule has 2 aromatic rings. The smallest absolute Gasteiger partial charge is 0.418 e. The quantitative estimate of drug-likeness (QED) is 0.852. The van der Waals surface area contributed by atoms with Crippen LogP contribution in [0.1, 0.15) is 0 Å². The van der Waals surface area contributed by atoms with Crippen molar-refractivity contribution < 1.29 is 18.3 Å². The maximum atomic E-state index is 11.8. The van der Waals surface area contributed by atoms with Gasteiger partial charge in [0.25, 0.3) is 10.0 Å². The first-order valence-electron chi connectivity index (χ1n) is 4.74. The highest BCUT2D eigenvalue weighted by molar-refractivity contribution is 7.90. The minimum absolute atomic E-state index is 0.0435. The third kappa shape index (κ3) is 2.21. The average Bonchev–Trinajstić information content (AvgIpc) is 2.26. The van der Waals surface area contributed by atoms with Crippen LogP contribution in [0.2, 0.25) is 0 Å². The van der Waals surface area contributed by atoms with Crippen LogP contribution in [-0.2, 0) is 10.0 Å². The highest BCUT2D eigenvalue weighted by atomic mass is 32.2. The summed E-state index contributed by atoms with van der Waals surface area (Å²) in [5.74, 6) is 0. The largest absolute Gasteiger partial charge is 0.464 e. The van der Waals surface area contributed by atoms with E-state index in [1.807, 2.05) is 0 Å². The molecule has 88 valence electrons. The lowest BCUT2D eigenvalue weighted by atomic mass is 10.1. The molecule has 17 heavy (non-hydrogen) atoms. The van der Waals surface area contributed by atoms with Gasteiger partial charge in [0.15, 0.2) is 0 Å². The highest BCUT2D eigenvalue weighted by Crippen LogP contribution is 2.22. The van der Waals surface area contributed by atoms with Gasteiger partial charge in [-0.25, -0.2) is 17.9 Å². The summed E-state index contributed by atoms with van der Waals surface area (Å²) < 4.78 is 25.0. The number of amides is 1. The van der Waals surface area contributed by atoms with Crippen LogP contribution in [0.3, 0.4) is 0 Å². The number of carbonyl (C=O) groups is 1. The van der Waals surface area contributed by atoms with Crippen molar-refractivity contribution in [3.63, 3.8) is 0 Å². The summed E-state index contributed by atoms with van der Waals surface area (Å²) in [4.78, 5) is 10.4. The molecule has 0 saturated carbocycles. The molecule has 0 aliphatic heterocycles. The lowest BCUT2D eigenvalue weighted by Crippen LogP contribution is -2.28. The summed E-state index contributed by atoms with van der Waals surface area (Å²) in [7, 11) is -4.04. The second kappa shape index (κ2) is 4.06. The van der Waals surface area contributed by atoms with Gasteiger partial charge in [0.2, 0.25) is 0 Å². The van der Waals surface area contributed by atoms with E-state index >= 15 is 0 Å². The van der Waals surface area contributed by atoms with Crippen LogP contribution >= 0.6 is 0 Å². The van der Waals surface area contributed by atoms with Gasteiger partial charge in [-0.2, -0.15) is 0 Å². The van der Waals surface area contributed by atoms with E-state index in [1.54, 1.807) is 36.4 Å². The van der Waals surface area contributed by atoms with Crippen LogP contribution in [0.5, 0.6) is 0 Å². The lowest BCUT2D eigenvalue weighted by Gasteiger charge is -2.07. The van der Waals surface area contributed by atoms with Crippen molar-refractivity contribution in [2.45, 2.75) is 4.90 Å². The van der Waals surface area contributed by atoms with Gasteiger partial charge in [-0.1, -0.05) is 36.4 Å². The molecule has 0 aromatic heterocycles. The van der Waals surface area contributed by atoms with Gasteiger partial charge in [0, 0.05) is 5.39 Å². The van der Waals surface area contributed by atoms with Crippen LogP contribution in [0.15, 0.2) is 47.4 Å². The topological polar surface area (TPSA) is 83.5 Å². The van der Waals surface area contributed by atoms with Crippen molar-refractivity contribution in [2.24, 2.45) is 0 Å². The van der Waals surface area contributed by atoms with Crippen molar-refractivity contribution in [3.8, 4) is 0 Å². The van der Waals surface area contributed by atoms with Gasteiger partial charge in [-0.05, 0) is 11.5 Å². The Hall–Kier alpha value is -2.08. The van der Waals surface area contributed by atoms with E-state index in [1.165, 1.54) is 10.8 Å². The zero-order chi connectivity index (χ0) is 12.5. The Morgan fingerprint density at radius 1 is 1.06 bits per heavy atom. The zero-order valence-electron chi connectivity index (χ0n) is 8.62. The summed E-state index contributed by atoms with van der Waals surface area (Å²) in [5.41, 5.74) is 0. The maximum absolute atomic E-state index is 11.8. The fourth-order valence-electron chi connectivity index (χ4n) is 1.60. The third-order valence-corrected chi connectivity index (χ3v) is 3.64. The molecule has 0 heterocycles. The van der Waals surface area contributed by atoms with Crippen LogP contribution in [0.25, 0.3) is 10.8 Å². The van der Waals surface area contributed by atoms with E-state index < -0.39 is 16.1 Å². The third-order valence-electron chi connectivity index (χ3n) is 2.26. The molecule has 2 N–H and O–H groups in total. The van der Waals surface area contributed by atoms with Crippen molar-refractivity contribution in [1.29, 1.82) is 0 Å². The Morgan fingerprint density at radius 2 is 1.71 bits per heavy atom. The Bertz CT molecular complexity index is 673. The molecule has 0 spiro atoms. The molecule has 0 unspecified atom stereocenters. The van der Waals surface area contributed by atoms with Gasteiger partial charge >= 0.3 is 6.09 Å². The van der Waals surface area contributed by atoms with Crippen LogP contribution in [0.4, 0.5) is 4.79 Å². The fraction of sp³-hybridized carbons (Fsp3) is 0. The Kier molecular flexibility index (Phi) is 2.72. The molecule has 0 radical (unpaired) electrons. The molecule has 2 aromatic carbocycles. The molecule has 6 heteroatoms. The van der Waals surface area contributed by atoms with Crippen molar-refractivity contribution in [3.05, 3.63) is 42.5 Å². The van der Waals surface area contributed by atoms with Crippen LogP contribution in [-0.4, -0.2) is 19.6 Å². The summed E-state index contributed by atoms with van der Waals surface area (Å²) in [6.45, 7) is 0. The molecular weight excluding hydrogens is 242 g/mol. The van der Waals surface area contributed by atoms with Gasteiger partial charge in [-0.3, -0.25) is 0 Å². The number of carboxylic acid groups (broad SMARTS) is 1. The maximum Gasteiger partial charge on any atom is 0.418 e. The Morgan fingerprint density at radius 3 is 2.41 bits per heavy atom. The first-order chi connectivity index (χ1) is 8.00. The van der Waals surface area contributed by atoms with E-state index in [9.17, 15) is 13.2 Å². The average molecular weight is 251 g/mol. The summed E-state index contributed by atoms with van der Waals surface area (Å²) >= 11 is 0. The number of benzene rings is 2. The number of rotatable bonds is 2. The number of sulfonamides is 1. The first-order valence-corrected chi connectivity index (χ1v) is 6.22. The van der Waals surface area contributed by atoms with Crippen LogP contribution in [0, 0.1) is 0 Å². The molecule has 0 atom stereocenters. The van der Waals surface area contributed by atoms with E-state index in [2.05, 4.69) is 0 Å². The monoisotopic (exact) mass is 251 g/mol. The Balaban J connectivity index is 2.67. The first kappa shape index (κ1) is 11.4. The van der Waals surface area contributed by atoms with Crippen molar-refractivity contribution in [1.82, 2.24) is 4.72 Å². The molecular formula is C11H9NO4S. The molecule has 0 fully saturated rings. The van der Waals surface area contributed by atoms with E-state index in [0.717, 1.165) is 5.39 Å². The second-order valence-corrected chi connectivity index (χ2v) is 5.04. The van der Waals surface area contributed by atoms with Gasteiger partial charge < -0.3 is 5.11 Å². The fourth-order valence-corrected chi connectivity index (χ4v) is 2.67. The highest BCUT2D eigenvalue weighted by Gasteiger charge is 2.19. The van der Waals surface area contributed by atoms with Crippen LogP contribution < -0.4 is 4.72 Å². The molecule has 0 aliphatic rings. The number of hydrogen-bond acceptors (Lipinski definition) is 3. The van der Waals surface area contributed by atoms with Gasteiger partial charge in [0.05, 0.1) is 4.90 Å². The lowest BCUT2D eigenvalue weighted by molar-refractivity contribution is 0.201. The van der Waals surface area contributed by atoms with Gasteiger partial charge in [-0.15, -0.1) is 0 Å². The Labute approximate surface area is 97.7 Å². The molecule has 5 nitrogen and oxygen atoms in total. The minimum Gasteiger partial charge on any atom is -0.464 e. The molecule has 2 rings (SSSR count). The number of nitrogens with one attached hydrogen (secondary N) is 1. The number of fused-ring (bicyclic) bond motifs is 1. The predicted octanol–water partition coefficient (Wildman–Crippen LogP) is 1.80. The second-order valence-electron chi connectivity index (χ2n) is 3.39. The predicted molar refractivity (Wildman–Crippen MR) is 62.3 cm³/mol. The standard InChI is InChI=1S/C11H9NO4S/c13-11(14)12-17(15,16)10-7-3-5-8-4-1-2-6-9(8)10/h1-7,12H,(H,13,14). The normalized spacial score (nSPS) is 11.3.